The predicted molar refractivity (Wildman–Crippen MR) is 102 cm³/mol. The Labute approximate surface area is 162 Å². The molecule has 1 amide bonds. The third kappa shape index (κ3) is 4.23. The molecule has 1 fully saturated rings. The van der Waals surface area contributed by atoms with Crippen LogP contribution in [0.3, 0.4) is 0 Å². The Morgan fingerprint density at radius 1 is 0.964 bits per heavy atom. The highest BCUT2D eigenvalue weighted by molar-refractivity contribution is 5.90. The van der Waals surface area contributed by atoms with E-state index in [-0.39, 0.29) is 17.5 Å². The molecule has 8 heteroatoms. The number of carbonyl (C=O) groups excluding carboxylic acids is 1. The molecule has 0 atom stereocenters. The van der Waals surface area contributed by atoms with E-state index in [1.54, 1.807) is 4.90 Å². The fraction of sp³-hybridized carbons (Fsp3) is 0.300. The van der Waals surface area contributed by atoms with E-state index in [4.69, 9.17) is 0 Å². The average molecular weight is 380 g/mol. The summed E-state index contributed by atoms with van der Waals surface area (Å²) < 4.78 is 13.0. The molecule has 2 aromatic carbocycles. The van der Waals surface area contributed by atoms with Gasteiger partial charge in [0.25, 0.3) is 11.7 Å². The highest BCUT2D eigenvalue weighted by Gasteiger charge is 2.25. The van der Waals surface area contributed by atoms with Crippen LogP contribution in [0.15, 0.2) is 54.6 Å². The zero-order valence-electron chi connectivity index (χ0n) is 15.4. The van der Waals surface area contributed by atoms with Crippen LogP contribution in [0.5, 0.6) is 0 Å². The van der Waals surface area contributed by atoms with Crippen molar-refractivity contribution in [3.05, 3.63) is 71.8 Å². The summed E-state index contributed by atoms with van der Waals surface area (Å²) in [5.74, 6) is -0.511. The molecule has 0 aliphatic carbocycles. The normalized spacial score (nSPS) is 15.0. The summed E-state index contributed by atoms with van der Waals surface area (Å²) in [6.45, 7) is 3.90. The zero-order chi connectivity index (χ0) is 19.3. The van der Waals surface area contributed by atoms with Gasteiger partial charge in [0.05, 0.1) is 5.69 Å². The van der Waals surface area contributed by atoms with Gasteiger partial charge in [0.15, 0.2) is 0 Å². The highest BCUT2D eigenvalue weighted by Crippen LogP contribution is 2.09. The predicted octanol–water partition coefficient (Wildman–Crippen LogP) is 1.80. The lowest BCUT2D eigenvalue weighted by molar-refractivity contribution is 0.0626. The topological polar surface area (TPSA) is 67.2 Å². The largest absolute Gasteiger partial charge is 0.333 e. The second kappa shape index (κ2) is 8.26. The van der Waals surface area contributed by atoms with E-state index >= 15 is 0 Å². The summed E-state index contributed by atoms with van der Waals surface area (Å²) in [6.07, 6.45) is 1.00. The highest BCUT2D eigenvalue weighted by atomic mass is 19.1. The van der Waals surface area contributed by atoms with Gasteiger partial charge < -0.3 is 4.90 Å². The lowest BCUT2D eigenvalue weighted by Crippen LogP contribution is -2.49. The second-order valence-corrected chi connectivity index (χ2v) is 6.75. The Balaban J connectivity index is 1.31. The minimum Gasteiger partial charge on any atom is -0.333 e. The molecule has 7 nitrogen and oxygen atoms in total. The first-order valence-electron chi connectivity index (χ1n) is 9.30. The lowest BCUT2D eigenvalue weighted by Gasteiger charge is -2.34. The van der Waals surface area contributed by atoms with E-state index in [0.717, 1.165) is 26.1 Å². The quantitative estimate of drug-likeness (QED) is 0.675. The van der Waals surface area contributed by atoms with Gasteiger partial charge in [-0.05, 0) is 41.5 Å². The number of hydrogen-bond acceptors (Lipinski definition) is 5. The number of carbonyl (C=O) groups is 1. The fourth-order valence-corrected chi connectivity index (χ4v) is 3.23. The zero-order valence-corrected chi connectivity index (χ0v) is 15.4. The van der Waals surface area contributed by atoms with Gasteiger partial charge in [0, 0.05) is 32.7 Å². The van der Waals surface area contributed by atoms with Crippen molar-refractivity contribution >= 4 is 5.91 Å². The van der Waals surface area contributed by atoms with E-state index in [9.17, 15) is 9.18 Å². The molecule has 1 saturated heterocycles. The SMILES string of the molecule is O=C(c1nnn(-c2ccc(F)cc2)n1)N1CCN(CCc2ccccc2)CC1. The molecule has 1 aliphatic heterocycles. The molecule has 0 radical (unpaired) electrons. The van der Waals surface area contributed by atoms with Gasteiger partial charge in [0.2, 0.25) is 0 Å². The van der Waals surface area contributed by atoms with E-state index in [2.05, 4.69) is 44.6 Å². The Hall–Kier alpha value is -3.13. The molecule has 0 unspecified atom stereocenters. The second-order valence-electron chi connectivity index (χ2n) is 6.75. The first kappa shape index (κ1) is 18.2. The number of rotatable bonds is 5. The maximum absolute atomic E-state index is 13.0. The summed E-state index contributed by atoms with van der Waals surface area (Å²) >= 11 is 0. The molecule has 144 valence electrons. The maximum Gasteiger partial charge on any atom is 0.295 e. The van der Waals surface area contributed by atoms with E-state index in [1.807, 2.05) is 6.07 Å². The van der Waals surface area contributed by atoms with Crippen LogP contribution >= 0.6 is 0 Å². The van der Waals surface area contributed by atoms with Gasteiger partial charge in [-0.1, -0.05) is 30.3 Å². The van der Waals surface area contributed by atoms with Crippen LogP contribution in [0.2, 0.25) is 0 Å². The van der Waals surface area contributed by atoms with Crippen LogP contribution in [0.4, 0.5) is 4.39 Å². The van der Waals surface area contributed by atoms with E-state index in [0.29, 0.717) is 18.8 Å². The minimum atomic E-state index is -0.342. The first-order valence-corrected chi connectivity index (χ1v) is 9.30. The number of hydrogen-bond donors (Lipinski definition) is 0. The van der Waals surface area contributed by atoms with Gasteiger partial charge in [-0.3, -0.25) is 9.69 Å². The van der Waals surface area contributed by atoms with E-state index in [1.165, 1.54) is 34.6 Å². The summed E-state index contributed by atoms with van der Waals surface area (Å²) in [4.78, 5) is 18.0. The van der Waals surface area contributed by atoms with Crippen molar-refractivity contribution in [1.82, 2.24) is 30.0 Å². The van der Waals surface area contributed by atoms with Crippen LogP contribution < -0.4 is 0 Å². The summed E-state index contributed by atoms with van der Waals surface area (Å²) in [6, 6.07) is 16.1. The molecule has 3 aromatic rings. The molecule has 28 heavy (non-hydrogen) atoms. The lowest BCUT2D eigenvalue weighted by atomic mass is 10.1. The third-order valence-corrected chi connectivity index (χ3v) is 4.88. The van der Waals surface area contributed by atoms with Crippen molar-refractivity contribution in [2.75, 3.05) is 32.7 Å². The van der Waals surface area contributed by atoms with Crippen molar-refractivity contribution in [3.8, 4) is 5.69 Å². The van der Waals surface area contributed by atoms with Crippen LogP contribution in [0, 0.1) is 5.82 Å². The van der Waals surface area contributed by atoms with Crippen LogP contribution in [-0.2, 0) is 6.42 Å². The summed E-state index contributed by atoms with van der Waals surface area (Å²) in [7, 11) is 0. The number of amides is 1. The Bertz CT molecular complexity index is 919. The van der Waals surface area contributed by atoms with Crippen molar-refractivity contribution < 1.29 is 9.18 Å². The number of nitrogens with zero attached hydrogens (tertiary/aromatic N) is 6. The van der Waals surface area contributed by atoms with Gasteiger partial charge in [0.1, 0.15) is 5.82 Å². The number of aromatic nitrogens is 4. The van der Waals surface area contributed by atoms with Crippen molar-refractivity contribution in [2.45, 2.75) is 6.42 Å². The fourth-order valence-electron chi connectivity index (χ4n) is 3.23. The third-order valence-electron chi connectivity index (χ3n) is 4.88. The van der Waals surface area contributed by atoms with Gasteiger partial charge in [-0.15, -0.1) is 15.0 Å². The van der Waals surface area contributed by atoms with Crippen LogP contribution in [-0.4, -0.2) is 68.6 Å². The smallest absolute Gasteiger partial charge is 0.295 e. The van der Waals surface area contributed by atoms with Crippen molar-refractivity contribution in [1.29, 1.82) is 0 Å². The maximum atomic E-state index is 13.0. The molecule has 2 heterocycles. The number of benzene rings is 2. The molecule has 0 spiro atoms. The summed E-state index contributed by atoms with van der Waals surface area (Å²) in [5.41, 5.74) is 1.88. The van der Waals surface area contributed by atoms with Crippen LogP contribution in [0.25, 0.3) is 5.69 Å². The summed E-state index contributed by atoms with van der Waals surface area (Å²) in [5, 5.41) is 11.9. The van der Waals surface area contributed by atoms with Gasteiger partial charge in [-0.2, -0.15) is 0 Å². The molecular formula is C20H21FN6O. The number of piperazine rings is 1. The van der Waals surface area contributed by atoms with Crippen LogP contribution in [0.1, 0.15) is 16.2 Å². The Morgan fingerprint density at radius 2 is 1.68 bits per heavy atom. The molecule has 0 N–H and O–H groups in total. The van der Waals surface area contributed by atoms with Gasteiger partial charge in [-0.25, -0.2) is 4.39 Å². The number of halogens is 1. The average Bonchev–Trinajstić information content (AvgIpc) is 3.24. The van der Waals surface area contributed by atoms with E-state index < -0.39 is 0 Å². The standard InChI is InChI=1S/C20H21FN6O/c21-17-6-8-18(9-7-17)27-23-19(22-24-27)20(28)26-14-12-25(13-15-26)11-10-16-4-2-1-3-5-16/h1-9H,10-15H2. The molecule has 4 rings (SSSR count). The molecule has 0 bridgehead atoms. The molecule has 0 saturated carbocycles. The Kier molecular flexibility index (Phi) is 5.38. The monoisotopic (exact) mass is 380 g/mol. The van der Waals surface area contributed by atoms with Gasteiger partial charge >= 0.3 is 0 Å². The minimum absolute atomic E-state index is 0.0575. The molecule has 1 aliphatic rings. The Morgan fingerprint density at radius 3 is 2.39 bits per heavy atom. The molecule has 1 aromatic heterocycles. The van der Waals surface area contributed by atoms with Crippen molar-refractivity contribution in [2.24, 2.45) is 0 Å². The number of tetrazole rings is 1. The molecular weight excluding hydrogens is 359 g/mol. The van der Waals surface area contributed by atoms with Crippen molar-refractivity contribution in [3.63, 3.8) is 0 Å². The first-order chi connectivity index (χ1) is 13.7.